The largest absolute Gasteiger partial charge is 0.463 e. The summed E-state index contributed by atoms with van der Waals surface area (Å²) in [6, 6.07) is 6.27. The van der Waals surface area contributed by atoms with Crippen LogP contribution >= 0.6 is 0 Å². The monoisotopic (exact) mass is 724 g/mol. The highest BCUT2D eigenvalue weighted by Crippen LogP contribution is 2.34. The van der Waals surface area contributed by atoms with Crippen molar-refractivity contribution < 1.29 is 76.2 Å². The Balaban J connectivity index is 2.17. The molecule has 3 rings (SSSR count). The number of benzene rings is 1. The fourth-order valence-corrected chi connectivity index (χ4v) is 5.58. The number of ether oxygens (including phenoxy) is 9. The number of hydrogen-bond donors (Lipinski definition) is 2. The summed E-state index contributed by atoms with van der Waals surface area (Å²) >= 11 is 0. The molecular weight excluding hydrogens is 680 g/mol. The Hall–Kier alpha value is -4.65. The minimum Gasteiger partial charge on any atom is -0.463 e. The number of carbonyl (C=O) groups is 7. The Morgan fingerprint density at radius 1 is 0.569 bits per heavy atom. The van der Waals surface area contributed by atoms with Crippen molar-refractivity contribution in [2.24, 2.45) is 0 Å². The van der Waals surface area contributed by atoms with Gasteiger partial charge in [-0.2, -0.15) is 0 Å². The predicted molar refractivity (Wildman–Crippen MR) is 169 cm³/mol. The van der Waals surface area contributed by atoms with E-state index >= 15 is 0 Å². The van der Waals surface area contributed by atoms with E-state index in [1.807, 2.05) is 6.07 Å². The highest BCUT2D eigenvalue weighted by atomic mass is 16.7. The number of carbonyl (C=O) groups excluding carboxylic acids is 7. The van der Waals surface area contributed by atoms with Crippen molar-refractivity contribution in [2.75, 3.05) is 13.2 Å². The van der Waals surface area contributed by atoms with Gasteiger partial charge in [0, 0.05) is 48.5 Å². The van der Waals surface area contributed by atoms with Crippen LogP contribution in [-0.2, 0) is 82.8 Å². The number of hydrogen-bond acceptors (Lipinski definition) is 16. The standard InChI is InChI=1S/C33H44N2O16/c1-16(36)34-26-31(29(47-21(6)41)24(14-43-18(3)38)49-32(26)45-13-23-11-9-8-10-12-23)51-33-27(35-17(2)37)30(48-22(7)42)28(46-20(5)40)25(50-33)15-44-19(4)39/h8-12,24-33H,13-15H2,1-7H3,(H,34,36)(H,35,37)/t24-,25-,26-,27-,28-,29-,30-,31-,32-,33+/m1/s1. The quantitative estimate of drug-likeness (QED) is 0.190. The zero-order chi connectivity index (χ0) is 37.8. The van der Waals surface area contributed by atoms with E-state index < -0.39 is 116 Å². The number of rotatable bonds is 14. The van der Waals surface area contributed by atoms with Crippen LogP contribution in [0.1, 0.15) is 54.0 Å². The van der Waals surface area contributed by atoms with E-state index in [1.54, 1.807) is 24.3 Å². The van der Waals surface area contributed by atoms with E-state index in [2.05, 4.69) is 10.6 Å². The molecule has 1 aromatic carbocycles. The average Bonchev–Trinajstić information content (AvgIpc) is 3.02. The zero-order valence-corrected chi connectivity index (χ0v) is 29.3. The summed E-state index contributed by atoms with van der Waals surface area (Å²) in [5.41, 5.74) is 0.731. The molecule has 10 atom stereocenters. The second-order valence-electron chi connectivity index (χ2n) is 11.8. The summed E-state index contributed by atoms with van der Waals surface area (Å²) in [4.78, 5) is 85.9. The lowest BCUT2D eigenvalue weighted by Gasteiger charge is -2.49. The minimum atomic E-state index is -1.65. The van der Waals surface area contributed by atoms with E-state index in [0.29, 0.717) is 0 Å². The molecule has 0 radical (unpaired) electrons. The highest BCUT2D eigenvalue weighted by molar-refractivity contribution is 5.74. The third-order valence-electron chi connectivity index (χ3n) is 7.39. The van der Waals surface area contributed by atoms with Gasteiger partial charge < -0.3 is 53.3 Å². The van der Waals surface area contributed by atoms with Gasteiger partial charge in [0.15, 0.2) is 30.9 Å². The Morgan fingerprint density at radius 3 is 1.45 bits per heavy atom. The minimum absolute atomic E-state index is 0.0235. The lowest BCUT2D eigenvalue weighted by Crippen LogP contribution is -2.71. The smallest absolute Gasteiger partial charge is 0.303 e. The van der Waals surface area contributed by atoms with Crippen LogP contribution in [0.2, 0.25) is 0 Å². The molecule has 2 N–H and O–H groups in total. The van der Waals surface area contributed by atoms with E-state index in [0.717, 1.165) is 47.1 Å². The first-order valence-corrected chi connectivity index (χ1v) is 16.0. The normalized spacial score (nSPS) is 28.7. The molecule has 1 aromatic rings. The van der Waals surface area contributed by atoms with Gasteiger partial charge in [0.1, 0.15) is 43.6 Å². The van der Waals surface area contributed by atoms with Crippen LogP contribution < -0.4 is 10.6 Å². The molecule has 0 bridgehead atoms. The van der Waals surface area contributed by atoms with Gasteiger partial charge in [0.2, 0.25) is 11.8 Å². The summed E-state index contributed by atoms with van der Waals surface area (Å²) in [7, 11) is 0. The van der Waals surface area contributed by atoms with E-state index in [4.69, 9.17) is 42.6 Å². The van der Waals surface area contributed by atoms with Crippen LogP contribution in [0.4, 0.5) is 0 Å². The average molecular weight is 725 g/mol. The van der Waals surface area contributed by atoms with Crippen LogP contribution in [0.5, 0.6) is 0 Å². The maximum absolute atomic E-state index is 12.6. The van der Waals surface area contributed by atoms with Gasteiger partial charge in [-0.05, 0) is 5.56 Å². The van der Waals surface area contributed by atoms with Crippen LogP contribution in [0.25, 0.3) is 0 Å². The molecule has 2 heterocycles. The number of amides is 2. The van der Waals surface area contributed by atoms with Crippen molar-refractivity contribution in [2.45, 2.75) is 116 Å². The molecule has 282 valence electrons. The summed E-state index contributed by atoms with van der Waals surface area (Å²) in [6.07, 6.45) is -11.4. The van der Waals surface area contributed by atoms with Gasteiger partial charge in [-0.25, -0.2) is 0 Å². The number of esters is 5. The van der Waals surface area contributed by atoms with Crippen LogP contribution in [0.3, 0.4) is 0 Å². The van der Waals surface area contributed by atoms with Crippen LogP contribution in [0, 0.1) is 0 Å². The van der Waals surface area contributed by atoms with Gasteiger partial charge >= 0.3 is 29.8 Å². The second kappa shape index (κ2) is 19.1. The molecule has 0 aromatic heterocycles. The second-order valence-corrected chi connectivity index (χ2v) is 11.8. The summed E-state index contributed by atoms with van der Waals surface area (Å²) < 4.78 is 52.0. The molecule has 0 unspecified atom stereocenters. The van der Waals surface area contributed by atoms with Gasteiger partial charge in [-0.3, -0.25) is 33.6 Å². The lowest BCUT2D eigenvalue weighted by molar-refractivity contribution is -0.331. The van der Waals surface area contributed by atoms with Gasteiger partial charge in [0.05, 0.1) is 6.61 Å². The molecule has 18 nitrogen and oxygen atoms in total. The van der Waals surface area contributed by atoms with Crippen LogP contribution in [-0.4, -0.2) is 116 Å². The third-order valence-corrected chi connectivity index (χ3v) is 7.39. The van der Waals surface area contributed by atoms with Crippen molar-refractivity contribution >= 4 is 41.7 Å². The molecule has 0 aliphatic carbocycles. The molecule has 2 aliphatic heterocycles. The molecular formula is C33H44N2O16. The van der Waals surface area contributed by atoms with Crippen molar-refractivity contribution in [1.82, 2.24) is 10.6 Å². The van der Waals surface area contributed by atoms with Gasteiger partial charge in [-0.15, -0.1) is 0 Å². The predicted octanol–water partition coefficient (Wildman–Crippen LogP) is -0.0311. The van der Waals surface area contributed by atoms with Crippen molar-refractivity contribution in [1.29, 1.82) is 0 Å². The molecule has 2 fully saturated rings. The fourth-order valence-electron chi connectivity index (χ4n) is 5.58. The maximum Gasteiger partial charge on any atom is 0.303 e. The Kier molecular flexibility index (Phi) is 15.3. The summed E-state index contributed by atoms with van der Waals surface area (Å²) in [5, 5.41) is 5.30. The molecule has 0 spiro atoms. The third kappa shape index (κ3) is 12.6. The summed E-state index contributed by atoms with van der Waals surface area (Å²) in [5.74, 6) is -5.08. The lowest BCUT2D eigenvalue weighted by atomic mass is 9.93. The first kappa shape index (κ1) is 40.8. The van der Waals surface area contributed by atoms with Crippen molar-refractivity contribution in [3.63, 3.8) is 0 Å². The van der Waals surface area contributed by atoms with Crippen molar-refractivity contribution in [3.05, 3.63) is 35.9 Å². The molecule has 18 heteroatoms. The molecule has 0 saturated carbocycles. The van der Waals surface area contributed by atoms with Gasteiger partial charge in [0.25, 0.3) is 0 Å². The summed E-state index contributed by atoms with van der Waals surface area (Å²) in [6.45, 7) is 6.94. The van der Waals surface area contributed by atoms with Crippen LogP contribution in [0.15, 0.2) is 30.3 Å². The number of nitrogens with one attached hydrogen (secondary N) is 2. The first-order chi connectivity index (χ1) is 24.0. The molecule has 2 aliphatic rings. The van der Waals surface area contributed by atoms with E-state index in [-0.39, 0.29) is 6.61 Å². The van der Waals surface area contributed by atoms with Gasteiger partial charge in [-0.1, -0.05) is 30.3 Å². The molecule has 51 heavy (non-hydrogen) atoms. The highest BCUT2D eigenvalue weighted by Gasteiger charge is 2.56. The topological polar surface area (TPSA) is 227 Å². The molecule has 2 amide bonds. The Morgan fingerprint density at radius 2 is 1.00 bits per heavy atom. The Bertz CT molecular complexity index is 1410. The first-order valence-electron chi connectivity index (χ1n) is 16.0. The van der Waals surface area contributed by atoms with E-state index in [1.165, 1.54) is 6.92 Å². The maximum atomic E-state index is 12.6. The van der Waals surface area contributed by atoms with Crippen molar-refractivity contribution in [3.8, 4) is 0 Å². The zero-order valence-electron chi connectivity index (χ0n) is 29.3. The molecule has 2 saturated heterocycles. The fraction of sp³-hybridized carbons (Fsp3) is 0.606. The SMILES string of the molecule is CC(=O)N[C@H]1[C@H](O[C@@H]2[C@@H](NC(C)=O)[C@H](OCc3ccccc3)O[C@H](COC(C)=O)[C@H]2OC(C)=O)O[C@H](COC(C)=O)[C@@H](OC(C)=O)[C@@H]1OC(C)=O. The Labute approximate surface area is 294 Å². The van der Waals surface area contributed by atoms with E-state index in [9.17, 15) is 33.6 Å².